The molecule has 1 unspecified atom stereocenters. The highest BCUT2D eigenvalue weighted by atomic mass is 16.5. The van der Waals surface area contributed by atoms with Crippen LogP contribution in [0.2, 0.25) is 0 Å². The van der Waals surface area contributed by atoms with Gasteiger partial charge in [0.2, 0.25) is 0 Å². The van der Waals surface area contributed by atoms with E-state index in [1.54, 1.807) is 6.07 Å². The van der Waals surface area contributed by atoms with Crippen molar-refractivity contribution in [1.82, 2.24) is 10.5 Å². The van der Waals surface area contributed by atoms with Crippen LogP contribution >= 0.6 is 0 Å². The number of carbonyl (C=O) groups excluding carboxylic acids is 1. The molecule has 4 nitrogen and oxygen atoms in total. The zero-order valence-corrected chi connectivity index (χ0v) is 13.8. The number of nitrogens with one attached hydrogen (secondary N) is 1. The molecule has 0 saturated carbocycles. The number of nitrogens with zero attached hydrogens (tertiary/aromatic N) is 1. The molecule has 0 fully saturated rings. The second-order valence-electron chi connectivity index (χ2n) is 6.05. The van der Waals surface area contributed by atoms with Gasteiger partial charge in [-0.05, 0) is 11.5 Å². The van der Waals surface area contributed by atoms with E-state index < -0.39 is 0 Å². The fourth-order valence-electron chi connectivity index (χ4n) is 2.63. The van der Waals surface area contributed by atoms with Gasteiger partial charge in [-0.1, -0.05) is 79.7 Å². The minimum absolute atomic E-state index is 0.0735. The minimum atomic E-state index is -0.233. The van der Waals surface area contributed by atoms with Crippen molar-refractivity contribution in [3.05, 3.63) is 78.0 Å². The Balaban J connectivity index is 1.78. The van der Waals surface area contributed by atoms with Gasteiger partial charge in [0.05, 0.1) is 6.04 Å². The Morgan fingerprint density at radius 2 is 1.62 bits per heavy atom. The van der Waals surface area contributed by atoms with E-state index in [9.17, 15) is 4.79 Å². The van der Waals surface area contributed by atoms with Crippen LogP contribution in [0.15, 0.2) is 71.3 Å². The fraction of sp³-hybridized carbons (Fsp3) is 0.200. The lowest BCUT2D eigenvalue weighted by molar-refractivity contribution is 0.0916. The second-order valence-corrected chi connectivity index (χ2v) is 6.05. The third-order valence-corrected chi connectivity index (χ3v) is 3.91. The molecule has 0 aliphatic carbocycles. The van der Waals surface area contributed by atoms with Crippen molar-refractivity contribution in [2.24, 2.45) is 5.92 Å². The van der Waals surface area contributed by atoms with Crippen molar-refractivity contribution in [3.8, 4) is 11.3 Å². The molecule has 0 spiro atoms. The predicted molar refractivity (Wildman–Crippen MR) is 93.4 cm³/mol. The Morgan fingerprint density at radius 3 is 2.25 bits per heavy atom. The Labute approximate surface area is 141 Å². The van der Waals surface area contributed by atoms with E-state index >= 15 is 0 Å². The Hall–Kier alpha value is -2.88. The van der Waals surface area contributed by atoms with Crippen molar-refractivity contribution in [2.75, 3.05) is 0 Å². The average Bonchev–Trinajstić information content (AvgIpc) is 3.11. The monoisotopic (exact) mass is 320 g/mol. The molecule has 0 aliphatic rings. The number of carbonyl (C=O) groups is 1. The van der Waals surface area contributed by atoms with Crippen LogP contribution in [-0.4, -0.2) is 11.1 Å². The smallest absolute Gasteiger partial charge is 0.273 e. The van der Waals surface area contributed by atoms with E-state index in [0.717, 1.165) is 11.1 Å². The summed E-state index contributed by atoms with van der Waals surface area (Å²) < 4.78 is 5.31. The number of hydrogen-bond acceptors (Lipinski definition) is 3. The molecule has 1 heterocycles. The standard InChI is InChI=1S/C20H20N2O2/c1-14(2)19(16-11-7-4-8-12-16)21-20(23)17-13-18(24-22-17)15-9-5-3-6-10-15/h3-14,19H,1-2H3,(H,21,23). The second kappa shape index (κ2) is 7.13. The summed E-state index contributed by atoms with van der Waals surface area (Å²) in [5.74, 6) is 0.613. The first-order valence-electron chi connectivity index (χ1n) is 8.03. The number of aromatic nitrogens is 1. The SMILES string of the molecule is CC(C)C(NC(=O)c1cc(-c2ccccc2)on1)c1ccccc1. The summed E-state index contributed by atoms with van der Waals surface area (Å²) in [5.41, 5.74) is 2.26. The zero-order chi connectivity index (χ0) is 16.9. The maximum Gasteiger partial charge on any atom is 0.273 e. The normalized spacial score (nSPS) is 12.1. The molecule has 0 radical (unpaired) electrons. The topological polar surface area (TPSA) is 55.1 Å². The molecular formula is C20H20N2O2. The summed E-state index contributed by atoms with van der Waals surface area (Å²) in [7, 11) is 0. The van der Waals surface area contributed by atoms with E-state index in [1.165, 1.54) is 0 Å². The van der Waals surface area contributed by atoms with E-state index in [-0.39, 0.29) is 23.6 Å². The highest BCUT2D eigenvalue weighted by molar-refractivity contribution is 5.93. The molecule has 3 aromatic rings. The average molecular weight is 320 g/mol. The Morgan fingerprint density at radius 1 is 1.00 bits per heavy atom. The molecule has 3 rings (SSSR count). The molecule has 1 N–H and O–H groups in total. The molecule has 24 heavy (non-hydrogen) atoms. The fourth-order valence-corrected chi connectivity index (χ4v) is 2.63. The van der Waals surface area contributed by atoms with Crippen molar-refractivity contribution >= 4 is 5.91 Å². The van der Waals surface area contributed by atoms with Crippen LogP contribution in [0.3, 0.4) is 0 Å². The van der Waals surface area contributed by atoms with E-state index in [0.29, 0.717) is 5.76 Å². The molecule has 2 aromatic carbocycles. The van der Waals surface area contributed by atoms with Gasteiger partial charge < -0.3 is 9.84 Å². The predicted octanol–water partition coefficient (Wildman–Crippen LogP) is 4.47. The molecule has 0 bridgehead atoms. The van der Waals surface area contributed by atoms with Gasteiger partial charge in [0.25, 0.3) is 5.91 Å². The third-order valence-electron chi connectivity index (χ3n) is 3.91. The van der Waals surface area contributed by atoms with Crippen LogP contribution < -0.4 is 5.32 Å². The molecule has 0 aliphatic heterocycles. The summed E-state index contributed by atoms with van der Waals surface area (Å²) in [6, 6.07) is 21.2. The lowest BCUT2D eigenvalue weighted by Crippen LogP contribution is -2.31. The largest absolute Gasteiger partial charge is 0.355 e. The third kappa shape index (κ3) is 3.54. The van der Waals surface area contributed by atoms with Crippen LogP contribution in [0.1, 0.15) is 35.9 Å². The van der Waals surface area contributed by atoms with Gasteiger partial charge in [0.1, 0.15) is 0 Å². The maximum atomic E-state index is 12.5. The van der Waals surface area contributed by atoms with Crippen LogP contribution in [0.5, 0.6) is 0 Å². The van der Waals surface area contributed by atoms with Gasteiger partial charge in [-0.25, -0.2) is 0 Å². The van der Waals surface area contributed by atoms with Crippen molar-refractivity contribution in [2.45, 2.75) is 19.9 Å². The zero-order valence-electron chi connectivity index (χ0n) is 13.8. The van der Waals surface area contributed by atoms with Gasteiger partial charge in [-0.15, -0.1) is 0 Å². The van der Waals surface area contributed by atoms with Crippen LogP contribution in [0.25, 0.3) is 11.3 Å². The molecule has 4 heteroatoms. The van der Waals surface area contributed by atoms with Gasteiger partial charge in [-0.3, -0.25) is 4.79 Å². The molecule has 1 atom stereocenters. The number of amides is 1. The summed E-state index contributed by atoms with van der Waals surface area (Å²) in [5, 5.41) is 6.96. The summed E-state index contributed by atoms with van der Waals surface area (Å²) in [6.07, 6.45) is 0. The van der Waals surface area contributed by atoms with Crippen LogP contribution in [-0.2, 0) is 0 Å². The van der Waals surface area contributed by atoms with E-state index in [2.05, 4.69) is 24.3 Å². The minimum Gasteiger partial charge on any atom is -0.355 e. The first-order valence-corrected chi connectivity index (χ1v) is 8.03. The Kier molecular flexibility index (Phi) is 4.75. The summed E-state index contributed by atoms with van der Waals surface area (Å²) in [4.78, 5) is 12.5. The summed E-state index contributed by atoms with van der Waals surface area (Å²) in [6.45, 7) is 4.16. The quantitative estimate of drug-likeness (QED) is 0.754. The van der Waals surface area contributed by atoms with Gasteiger partial charge in [-0.2, -0.15) is 0 Å². The first kappa shape index (κ1) is 16.0. The summed E-state index contributed by atoms with van der Waals surface area (Å²) >= 11 is 0. The lowest BCUT2D eigenvalue weighted by atomic mass is 9.96. The van der Waals surface area contributed by atoms with Crippen molar-refractivity contribution in [3.63, 3.8) is 0 Å². The Bertz CT molecular complexity index is 795. The maximum absolute atomic E-state index is 12.5. The van der Waals surface area contributed by atoms with Crippen molar-refractivity contribution in [1.29, 1.82) is 0 Å². The molecule has 0 saturated heterocycles. The molecule has 1 amide bonds. The van der Waals surface area contributed by atoms with Gasteiger partial charge in [0, 0.05) is 11.6 Å². The van der Waals surface area contributed by atoms with Crippen LogP contribution in [0, 0.1) is 5.92 Å². The number of benzene rings is 2. The van der Waals surface area contributed by atoms with Crippen LogP contribution in [0.4, 0.5) is 0 Å². The molecular weight excluding hydrogens is 300 g/mol. The van der Waals surface area contributed by atoms with Gasteiger partial charge >= 0.3 is 0 Å². The number of rotatable bonds is 5. The first-order chi connectivity index (χ1) is 11.6. The molecule has 122 valence electrons. The van der Waals surface area contributed by atoms with E-state index in [4.69, 9.17) is 4.52 Å². The van der Waals surface area contributed by atoms with Gasteiger partial charge in [0.15, 0.2) is 11.5 Å². The van der Waals surface area contributed by atoms with E-state index in [1.807, 2.05) is 60.7 Å². The highest BCUT2D eigenvalue weighted by Crippen LogP contribution is 2.23. The number of hydrogen-bond donors (Lipinski definition) is 1. The van der Waals surface area contributed by atoms with Crippen molar-refractivity contribution < 1.29 is 9.32 Å². The highest BCUT2D eigenvalue weighted by Gasteiger charge is 2.21. The lowest BCUT2D eigenvalue weighted by Gasteiger charge is -2.22. The molecule has 1 aromatic heterocycles.